The lowest BCUT2D eigenvalue weighted by Gasteiger charge is -2.28. The molecule has 4 aromatic rings. The first kappa shape index (κ1) is 18.4. The second-order valence-electron chi connectivity index (χ2n) is 7.42. The van der Waals surface area contributed by atoms with E-state index in [1.54, 1.807) is 30.3 Å². The lowest BCUT2D eigenvalue weighted by Crippen LogP contribution is -2.28. The maximum absolute atomic E-state index is 12.8. The number of nitrogens with one attached hydrogen (secondary N) is 2. The number of nitrogens with two attached hydrogens (primary N) is 1. The summed E-state index contributed by atoms with van der Waals surface area (Å²) in [4.78, 5) is 47.9. The second kappa shape index (κ2) is 7.02. The van der Waals surface area contributed by atoms with Crippen LogP contribution in [0.3, 0.4) is 0 Å². The van der Waals surface area contributed by atoms with Gasteiger partial charge in [-0.1, -0.05) is 0 Å². The predicted octanol–water partition coefficient (Wildman–Crippen LogP) is 1.29. The largest absolute Gasteiger partial charge is 0.381 e. The molecule has 1 fully saturated rings. The Hall–Kier alpha value is -3.60. The molecule has 0 unspecified atom stereocenters. The highest BCUT2D eigenvalue weighted by Gasteiger charge is 2.27. The van der Waals surface area contributed by atoms with Crippen molar-refractivity contribution in [1.29, 1.82) is 0 Å². The van der Waals surface area contributed by atoms with E-state index in [4.69, 9.17) is 10.5 Å². The van der Waals surface area contributed by atoms with E-state index < -0.39 is 5.91 Å². The molecule has 0 bridgehead atoms. The fraction of sp³-hybridized carbons (Fsp3) is 0.368. The van der Waals surface area contributed by atoms with Crippen molar-refractivity contribution < 1.29 is 9.53 Å². The third kappa shape index (κ3) is 2.94. The first-order valence-corrected chi connectivity index (χ1v) is 9.69. The van der Waals surface area contributed by atoms with Crippen LogP contribution in [0.2, 0.25) is 0 Å². The van der Waals surface area contributed by atoms with Gasteiger partial charge in [-0.25, -0.2) is 24.7 Å². The first-order chi connectivity index (χ1) is 14.5. The Bertz CT molecular complexity index is 1310. The number of aromatic nitrogens is 7. The number of carbonyl (C=O) groups is 1. The number of rotatable bonds is 4. The van der Waals surface area contributed by atoms with Crippen LogP contribution in [-0.4, -0.2) is 53.6 Å². The Morgan fingerprint density at radius 2 is 2.03 bits per heavy atom. The van der Waals surface area contributed by atoms with Crippen LogP contribution in [-0.2, 0) is 4.74 Å². The van der Waals surface area contributed by atoms with Gasteiger partial charge in [-0.15, -0.1) is 0 Å². The Balaban J connectivity index is 1.68. The molecule has 4 aromatic heterocycles. The summed E-state index contributed by atoms with van der Waals surface area (Å²) >= 11 is 0. The fourth-order valence-corrected chi connectivity index (χ4v) is 4.14. The van der Waals surface area contributed by atoms with E-state index in [0.29, 0.717) is 22.4 Å². The van der Waals surface area contributed by atoms with Crippen molar-refractivity contribution in [2.45, 2.75) is 37.8 Å². The number of hydrogen-bond acceptors (Lipinski definition) is 7. The molecule has 4 N–H and O–H groups in total. The molecule has 1 aliphatic carbocycles. The van der Waals surface area contributed by atoms with Crippen LogP contribution < -0.4 is 11.4 Å². The molecule has 0 spiro atoms. The molecule has 0 aromatic carbocycles. The summed E-state index contributed by atoms with van der Waals surface area (Å²) in [5, 5.41) is 0. The minimum Gasteiger partial charge on any atom is -0.381 e. The Kier molecular flexibility index (Phi) is 4.31. The van der Waals surface area contributed by atoms with E-state index >= 15 is 0 Å². The van der Waals surface area contributed by atoms with E-state index in [0.717, 1.165) is 25.7 Å². The summed E-state index contributed by atoms with van der Waals surface area (Å²) < 4.78 is 7.05. The number of carbonyl (C=O) groups excluding carboxylic acids is 1. The van der Waals surface area contributed by atoms with Crippen molar-refractivity contribution in [2.24, 2.45) is 5.73 Å². The third-order valence-electron chi connectivity index (χ3n) is 5.68. The highest BCUT2D eigenvalue weighted by atomic mass is 16.5. The van der Waals surface area contributed by atoms with Crippen molar-refractivity contribution in [1.82, 2.24) is 34.5 Å². The smallest absolute Gasteiger partial charge is 0.327 e. The van der Waals surface area contributed by atoms with Crippen molar-refractivity contribution in [3.05, 3.63) is 34.8 Å². The molecule has 5 rings (SSSR count). The van der Waals surface area contributed by atoms with Gasteiger partial charge in [0.15, 0.2) is 22.8 Å². The number of fused-ring (bicyclic) bond motifs is 2. The van der Waals surface area contributed by atoms with E-state index in [2.05, 4.69) is 29.9 Å². The Labute approximate surface area is 169 Å². The number of hydrogen-bond donors (Lipinski definition) is 3. The number of H-pyrrole nitrogens is 2. The second-order valence-corrected chi connectivity index (χ2v) is 7.42. The van der Waals surface area contributed by atoms with Crippen molar-refractivity contribution in [2.75, 3.05) is 7.11 Å². The summed E-state index contributed by atoms with van der Waals surface area (Å²) in [6, 6.07) is 1.74. The summed E-state index contributed by atoms with van der Waals surface area (Å²) in [5.41, 5.74) is 7.67. The molecular formula is C19H20N8O3. The normalized spacial score (nSPS) is 19.5. The number of nitrogens with zero attached hydrogens (tertiary/aromatic N) is 5. The molecule has 1 saturated carbocycles. The van der Waals surface area contributed by atoms with Gasteiger partial charge in [-0.3, -0.25) is 9.36 Å². The molecule has 11 heteroatoms. The van der Waals surface area contributed by atoms with Crippen molar-refractivity contribution >= 4 is 28.2 Å². The summed E-state index contributed by atoms with van der Waals surface area (Å²) in [6.07, 6.45) is 6.56. The summed E-state index contributed by atoms with van der Waals surface area (Å²) in [6.45, 7) is 0. The van der Waals surface area contributed by atoms with Crippen LogP contribution in [0.25, 0.3) is 33.7 Å². The molecule has 1 amide bonds. The van der Waals surface area contributed by atoms with Gasteiger partial charge in [0.2, 0.25) is 0 Å². The van der Waals surface area contributed by atoms with Gasteiger partial charge >= 0.3 is 5.69 Å². The van der Waals surface area contributed by atoms with Gasteiger partial charge in [-0.2, -0.15) is 0 Å². The number of primary amides is 1. The number of amides is 1. The standard InChI is InChI=1S/C19H20N8O3/c1-30-11-4-2-10(3-5-11)27-18-14(25-19(27)29)13(15(20)28)24-16(26-18)9-6-12-17(21-7-9)23-8-22-12/h6-8,10-11H,2-5H2,1H3,(H2,20,28)(H,25,29)(H,21,22,23)/t10-,11+. The molecule has 4 heterocycles. The monoisotopic (exact) mass is 408 g/mol. The highest BCUT2D eigenvalue weighted by molar-refractivity contribution is 6.02. The van der Waals surface area contributed by atoms with Gasteiger partial charge in [0.05, 0.1) is 17.9 Å². The van der Waals surface area contributed by atoms with E-state index in [1.165, 1.54) is 0 Å². The molecule has 30 heavy (non-hydrogen) atoms. The van der Waals surface area contributed by atoms with Crippen LogP contribution in [0, 0.1) is 0 Å². The maximum atomic E-state index is 12.8. The van der Waals surface area contributed by atoms with Gasteiger partial charge in [0.1, 0.15) is 5.52 Å². The molecular weight excluding hydrogens is 388 g/mol. The zero-order valence-electron chi connectivity index (χ0n) is 16.3. The van der Waals surface area contributed by atoms with E-state index in [9.17, 15) is 9.59 Å². The molecule has 11 nitrogen and oxygen atoms in total. The third-order valence-corrected chi connectivity index (χ3v) is 5.68. The molecule has 0 atom stereocenters. The molecule has 0 radical (unpaired) electrons. The lowest BCUT2D eigenvalue weighted by molar-refractivity contribution is 0.0585. The van der Waals surface area contributed by atoms with E-state index in [-0.39, 0.29) is 34.9 Å². The number of pyridine rings is 1. The fourth-order valence-electron chi connectivity index (χ4n) is 4.14. The zero-order chi connectivity index (χ0) is 20.8. The molecule has 154 valence electrons. The Morgan fingerprint density at radius 3 is 2.77 bits per heavy atom. The average Bonchev–Trinajstić information content (AvgIpc) is 3.35. The van der Waals surface area contributed by atoms with Gasteiger partial charge in [0.25, 0.3) is 5.91 Å². The van der Waals surface area contributed by atoms with Gasteiger partial charge < -0.3 is 20.4 Å². The van der Waals surface area contributed by atoms with Crippen LogP contribution >= 0.6 is 0 Å². The number of ether oxygens (including phenoxy) is 1. The van der Waals surface area contributed by atoms with Gasteiger partial charge in [0, 0.05) is 24.9 Å². The molecule has 0 saturated heterocycles. The summed E-state index contributed by atoms with van der Waals surface area (Å²) in [7, 11) is 1.70. The summed E-state index contributed by atoms with van der Waals surface area (Å²) in [5.74, 6) is -0.477. The van der Waals surface area contributed by atoms with Crippen LogP contribution in [0.15, 0.2) is 23.4 Å². The topological polar surface area (TPSA) is 157 Å². The average molecular weight is 408 g/mol. The highest BCUT2D eigenvalue weighted by Crippen LogP contribution is 2.31. The maximum Gasteiger partial charge on any atom is 0.327 e. The predicted molar refractivity (Wildman–Crippen MR) is 108 cm³/mol. The quantitative estimate of drug-likeness (QED) is 0.459. The zero-order valence-corrected chi connectivity index (χ0v) is 16.3. The van der Waals surface area contributed by atoms with Crippen LogP contribution in [0.4, 0.5) is 0 Å². The number of methoxy groups -OCH3 is 1. The van der Waals surface area contributed by atoms with E-state index in [1.807, 2.05) is 0 Å². The van der Waals surface area contributed by atoms with Crippen LogP contribution in [0.1, 0.15) is 42.2 Å². The molecule has 1 aliphatic rings. The molecule has 0 aliphatic heterocycles. The first-order valence-electron chi connectivity index (χ1n) is 9.69. The Morgan fingerprint density at radius 1 is 1.23 bits per heavy atom. The van der Waals surface area contributed by atoms with Crippen LogP contribution in [0.5, 0.6) is 0 Å². The minimum absolute atomic E-state index is 0.0267. The minimum atomic E-state index is -0.740. The number of imidazole rings is 2. The van der Waals surface area contributed by atoms with Crippen molar-refractivity contribution in [3.8, 4) is 11.4 Å². The van der Waals surface area contributed by atoms with Gasteiger partial charge in [-0.05, 0) is 31.7 Å². The number of aromatic amines is 2. The lowest BCUT2D eigenvalue weighted by atomic mass is 9.93. The SMILES string of the molecule is CO[C@H]1CC[C@@H](n2c(=O)[nH]c3c(C(N)=O)nc(-c4cnc5nc[nH]c5c4)nc32)CC1. The van der Waals surface area contributed by atoms with Crippen molar-refractivity contribution in [3.63, 3.8) is 0 Å².